The number of phenols is 1. The molecule has 5 heteroatoms. The van der Waals surface area contributed by atoms with Crippen LogP contribution in [0.3, 0.4) is 0 Å². The summed E-state index contributed by atoms with van der Waals surface area (Å²) in [5.74, 6) is 0.286. The number of allylic oxidation sites excluding steroid dienone is 1. The third kappa shape index (κ3) is 3.33. The number of fused-ring (bicyclic) bond motifs is 1. The van der Waals surface area contributed by atoms with Crippen molar-refractivity contribution in [2.45, 2.75) is 24.8 Å². The van der Waals surface area contributed by atoms with Crippen LogP contribution in [0.25, 0.3) is 0 Å². The zero-order chi connectivity index (χ0) is 20.7. The highest BCUT2D eigenvalue weighted by atomic mass is 35.5. The number of carbonyl (C=O) groups excluding carboxylic acids is 1. The molecule has 0 radical (unpaired) electrons. The van der Waals surface area contributed by atoms with E-state index in [-0.39, 0.29) is 23.5 Å². The second-order valence-electron chi connectivity index (χ2n) is 7.79. The normalized spacial score (nSPS) is 20.5. The summed E-state index contributed by atoms with van der Waals surface area (Å²) in [5.41, 5.74) is 5.33. The fraction of sp³-hybridized carbons (Fsp3) is 0.160. The van der Waals surface area contributed by atoms with E-state index in [4.69, 9.17) is 11.6 Å². The van der Waals surface area contributed by atoms with Crippen molar-refractivity contribution in [1.82, 2.24) is 0 Å². The molecule has 4 nitrogen and oxygen atoms in total. The molecule has 0 saturated carbocycles. The van der Waals surface area contributed by atoms with Gasteiger partial charge in [0.15, 0.2) is 5.78 Å². The summed E-state index contributed by atoms with van der Waals surface area (Å²) in [6.07, 6.45) is 1.09. The number of ketones is 1. The minimum Gasteiger partial charge on any atom is -0.508 e. The van der Waals surface area contributed by atoms with Crippen LogP contribution in [0.5, 0.6) is 5.75 Å². The molecule has 3 aromatic rings. The number of Topliss-reactive ketones (excluding diaryl/α,β-unsaturated/α-hetero) is 1. The van der Waals surface area contributed by atoms with Gasteiger partial charge in [0, 0.05) is 22.7 Å². The van der Waals surface area contributed by atoms with E-state index in [1.54, 1.807) is 18.2 Å². The zero-order valence-electron chi connectivity index (χ0n) is 16.2. The predicted octanol–water partition coefficient (Wildman–Crippen LogP) is 6.03. The second-order valence-corrected chi connectivity index (χ2v) is 8.19. The number of aromatic hydroxyl groups is 1. The van der Waals surface area contributed by atoms with Crippen molar-refractivity contribution in [2.75, 3.05) is 10.6 Å². The van der Waals surface area contributed by atoms with Crippen molar-refractivity contribution in [3.05, 3.63) is 100 Å². The Bertz CT molecular complexity index is 1170. The molecule has 2 atom stereocenters. The molecule has 0 fully saturated rings. The van der Waals surface area contributed by atoms with Crippen LogP contribution in [-0.2, 0) is 4.79 Å². The van der Waals surface area contributed by atoms with Gasteiger partial charge in [0.25, 0.3) is 0 Å². The molecular weight excluding hydrogens is 396 g/mol. The molecular formula is C25H21ClN2O2. The molecule has 150 valence electrons. The average Bonchev–Trinajstić information content (AvgIpc) is 2.91. The fourth-order valence-corrected chi connectivity index (χ4v) is 4.76. The molecule has 5 rings (SSSR count). The topological polar surface area (TPSA) is 61.4 Å². The van der Waals surface area contributed by atoms with E-state index in [0.29, 0.717) is 17.9 Å². The van der Waals surface area contributed by atoms with Crippen LogP contribution in [0.4, 0.5) is 11.4 Å². The van der Waals surface area contributed by atoms with Crippen molar-refractivity contribution >= 4 is 28.8 Å². The van der Waals surface area contributed by atoms with Gasteiger partial charge >= 0.3 is 0 Å². The van der Waals surface area contributed by atoms with Crippen LogP contribution in [0.2, 0.25) is 5.02 Å². The third-order valence-corrected chi connectivity index (χ3v) is 6.20. The summed E-state index contributed by atoms with van der Waals surface area (Å²) in [7, 11) is 0. The number of halogens is 1. The molecule has 0 saturated heterocycles. The summed E-state index contributed by atoms with van der Waals surface area (Å²) in [6, 6.07) is 22.4. The van der Waals surface area contributed by atoms with Crippen molar-refractivity contribution < 1.29 is 9.90 Å². The number of phenolic OH excluding ortho intramolecular Hbond substituents is 1. The average molecular weight is 417 g/mol. The van der Waals surface area contributed by atoms with Gasteiger partial charge in [-0.2, -0.15) is 0 Å². The molecule has 1 heterocycles. The molecule has 0 spiro atoms. The van der Waals surface area contributed by atoms with Gasteiger partial charge in [-0.15, -0.1) is 0 Å². The Morgan fingerprint density at radius 3 is 2.47 bits per heavy atom. The van der Waals surface area contributed by atoms with E-state index >= 15 is 0 Å². The number of rotatable bonds is 2. The van der Waals surface area contributed by atoms with Gasteiger partial charge < -0.3 is 15.7 Å². The number of anilines is 2. The van der Waals surface area contributed by atoms with E-state index in [2.05, 4.69) is 10.6 Å². The molecule has 1 aliphatic carbocycles. The molecule has 0 bridgehead atoms. The van der Waals surface area contributed by atoms with Gasteiger partial charge in [0.05, 0.1) is 17.4 Å². The highest BCUT2D eigenvalue weighted by Crippen LogP contribution is 2.45. The first kappa shape index (κ1) is 18.8. The largest absolute Gasteiger partial charge is 0.508 e. The Labute approximate surface area is 180 Å². The first-order valence-corrected chi connectivity index (χ1v) is 10.4. The van der Waals surface area contributed by atoms with Gasteiger partial charge in [-0.1, -0.05) is 54.1 Å². The molecule has 3 N–H and O–H groups in total. The smallest absolute Gasteiger partial charge is 0.163 e. The third-order valence-electron chi connectivity index (χ3n) is 5.86. The highest BCUT2D eigenvalue weighted by molar-refractivity contribution is 6.31. The van der Waals surface area contributed by atoms with Gasteiger partial charge in [-0.25, -0.2) is 0 Å². The fourth-order valence-electron chi connectivity index (χ4n) is 4.47. The lowest BCUT2D eigenvalue weighted by Gasteiger charge is -2.30. The minimum atomic E-state index is -0.344. The second kappa shape index (κ2) is 7.54. The Morgan fingerprint density at radius 2 is 1.67 bits per heavy atom. The maximum atomic E-state index is 13.5. The molecule has 30 heavy (non-hydrogen) atoms. The number of benzene rings is 3. The first-order valence-electron chi connectivity index (χ1n) is 10.0. The van der Waals surface area contributed by atoms with Crippen molar-refractivity contribution in [3.63, 3.8) is 0 Å². The number of hydrogen-bond acceptors (Lipinski definition) is 4. The predicted molar refractivity (Wildman–Crippen MR) is 120 cm³/mol. The van der Waals surface area contributed by atoms with Crippen LogP contribution in [0, 0.1) is 0 Å². The Hall–Kier alpha value is -3.24. The summed E-state index contributed by atoms with van der Waals surface area (Å²) >= 11 is 6.45. The van der Waals surface area contributed by atoms with Gasteiger partial charge in [-0.3, -0.25) is 4.79 Å². The Morgan fingerprint density at radius 1 is 0.900 bits per heavy atom. The van der Waals surface area contributed by atoms with Crippen molar-refractivity contribution in [3.8, 4) is 5.75 Å². The summed E-state index contributed by atoms with van der Waals surface area (Å²) in [4.78, 5) is 13.5. The molecule has 2 aliphatic rings. The summed E-state index contributed by atoms with van der Waals surface area (Å²) < 4.78 is 0. The van der Waals surface area contributed by atoms with Gasteiger partial charge in [-0.05, 0) is 53.8 Å². The standard InChI is InChI=1S/C25H21ClN2O2/c26-19-9-2-1-8-18(19)16-13-22-24(23(30)14-16)25(15-6-5-7-17(29)12-15)28-21-11-4-3-10-20(21)27-22/h1-12,16,25,27-29H,13-14H2/t16-,25+/m1/s1. The van der Waals surface area contributed by atoms with E-state index in [1.807, 2.05) is 54.6 Å². The first-order chi connectivity index (χ1) is 14.6. The minimum absolute atomic E-state index is 0.0209. The quantitative estimate of drug-likeness (QED) is 0.477. The van der Waals surface area contributed by atoms with E-state index in [9.17, 15) is 9.90 Å². The van der Waals surface area contributed by atoms with E-state index in [0.717, 1.165) is 33.8 Å². The van der Waals surface area contributed by atoms with E-state index in [1.165, 1.54) is 0 Å². The summed E-state index contributed by atoms with van der Waals surface area (Å²) in [5, 5.41) is 17.8. The van der Waals surface area contributed by atoms with Gasteiger partial charge in [0.2, 0.25) is 0 Å². The Balaban J connectivity index is 1.63. The van der Waals surface area contributed by atoms with Gasteiger partial charge in [0.1, 0.15) is 5.75 Å². The molecule has 3 aromatic carbocycles. The van der Waals surface area contributed by atoms with E-state index < -0.39 is 0 Å². The summed E-state index contributed by atoms with van der Waals surface area (Å²) in [6.45, 7) is 0. The Kier molecular flexibility index (Phi) is 4.72. The maximum absolute atomic E-state index is 13.5. The van der Waals surface area contributed by atoms with Crippen LogP contribution in [-0.4, -0.2) is 10.9 Å². The number of carbonyl (C=O) groups is 1. The lowest BCUT2D eigenvalue weighted by molar-refractivity contribution is -0.116. The highest BCUT2D eigenvalue weighted by Gasteiger charge is 2.36. The van der Waals surface area contributed by atoms with Crippen LogP contribution >= 0.6 is 11.6 Å². The van der Waals surface area contributed by atoms with Crippen LogP contribution in [0.1, 0.15) is 35.9 Å². The molecule has 0 aromatic heterocycles. The molecule has 0 unspecified atom stereocenters. The number of para-hydroxylation sites is 2. The molecule has 0 amide bonds. The molecule has 1 aliphatic heterocycles. The number of nitrogens with one attached hydrogen (secondary N) is 2. The lowest BCUT2D eigenvalue weighted by atomic mass is 9.78. The van der Waals surface area contributed by atoms with Crippen molar-refractivity contribution in [2.24, 2.45) is 0 Å². The maximum Gasteiger partial charge on any atom is 0.163 e. The SMILES string of the molecule is O=C1C[C@H](c2ccccc2Cl)CC2=C1[C@H](c1cccc(O)c1)Nc1ccccc1N2. The lowest BCUT2D eigenvalue weighted by Crippen LogP contribution is -2.27. The van der Waals surface area contributed by atoms with Crippen LogP contribution in [0.15, 0.2) is 84.1 Å². The zero-order valence-corrected chi connectivity index (χ0v) is 17.0. The van der Waals surface area contributed by atoms with Crippen molar-refractivity contribution in [1.29, 1.82) is 0 Å². The monoisotopic (exact) mass is 416 g/mol. The van der Waals surface area contributed by atoms with Crippen LogP contribution < -0.4 is 10.6 Å². The number of hydrogen-bond donors (Lipinski definition) is 3.